The number of rotatable bonds is 14. The Hall–Kier alpha value is -1.44. The molecule has 1 aromatic rings. The molecule has 0 aliphatic rings. The summed E-state index contributed by atoms with van der Waals surface area (Å²) in [5.41, 5.74) is 0.481. The van der Waals surface area contributed by atoms with Crippen LogP contribution in [0.3, 0.4) is 0 Å². The first-order valence-corrected chi connectivity index (χ1v) is 11.9. The Morgan fingerprint density at radius 1 is 1.04 bits per heavy atom. The van der Waals surface area contributed by atoms with Gasteiger partial charge >= 0.3 is 5.97 Å². The molecule has 0 radical (unpaired) electrons. The maximum Gasteiger partial charge on any atom is 0.335 e. The van der Waals surface area contributed by atoms with Gasteiger partial charge < -0.3 is 10.2 Å². The SMILES string of the molecule is CCCCCC(C)(O)CCCN(CCCc1ccc(C(=O)O)cc1)S(C)(=O)=O. The zero-order valence-electron chi connectivity index (χ0n) is 17.4. The average molecular weight is 414 g/mol. The van der Waals surface area contributed by atoms with E-state index in [0.29, 0.717) is 38.8 Å². The number of carboxylic acids is 1. The van der Waals surface area contributed by atoms with E-state index in [-0.39, 0.29) is 5.56 Å². The Labute approximate surface area is 169 Å². The summed E-state index contributed by atoms with van der Waals surface area (Å²) in [7, 11) is -3.30. The van der Waals surface area contributed by atoms with Crippen LogP contribution >= 0.6 is 0 Å². The minimum absolute atomic E-state index is 0.243. The van der Waals surface area contributed by atoms with Gasteiger partial charge in [-0.05, 0) is 56.7 Å². The Balaban J connectivity index is 2.47. The Morgan fingerprint density at radius 3 is 2.14 bits per heavy atom. The van der Waals surface area contributed by atoms with E-state index in [1.54, 1.807) is 24.3 Å². The fraction of sp³-hybridized carbons (Fsp3) is 0.667. The number of carbonyl (C=O) groups is 1. The molecular formula is C21H35NO5S. The summed E-state index contributed by atoms with van der Waals surface area (Å²) < 4.78 is 25.6. The molecule has 1 unspecified atom stereocenters. The Kier molecular flexibility index (Phi) is 10.1. The van der Waals surface area contributed by atoms with Gasteiger partial charge in [0.2, 0.25) is 10.0 Å². The maximum absolute atomic E-state index is 12.1. The second-order valence-corrected chi connectivity index (χ2v) is 9.81. The van der Waals surface area contributed by atoms with Crippen LogP contribution in [0.15, 0.2) is 24.3 Å². The van der Waals surface area contributed by atoms with Gasteiger partial charge in [-0.25, -0.2) is 17.5 Å². The number of nitrogens with zero attached hydrogens (tertiary/aromatic N) is 1. The van der Waals surface area contributed by atoms with Crippen molar-refractivity contribution in [3.05, 3.63) is 35.4 Å². The predicted octanol–water partition coefficient (Wildman–Crippen LogP) is 3.69. The van der Waals surface area contributed by atoms with Crippen molar-refractivity contribution >= 4 is 16.0 Å². The standard InChI is InChI=1S/C21H35NO5S/c1-4-5-6-14-21(2,25)15-8-17-22(28(3,26)27)16-7-9-18-10-12-19(13-11-18)20(23)24/h10-13,25H,4-9,14-17H2,1-3H3,(H,23,24). The monoisotopic (exact) mass is 413 g/mol. The highest BCUT2D eigenvalue weighted by Gasteiger charge is 2.22. The number of carboxylic acid groups (broad SMARTS) is 1. The number of hydrogen-bond acceptors (Lipinski definition) is 4. The second-order valence-electron chi connectivity index (χ2n) is 7.83. The van der Waals surface area contributed by atoms with Crippen molar-refractivity contribution in [2.45, 2.75) is 70.8 Å². The molecule has 160 valence electrons. The van der Waals surface area contributed by atoms with Crippen LogP contribution in [0.2, 0.25) is 0 Å². The topological polar surface area (TPSA) is 94.9 Å². The number of aliphatic hydroxyl groups is 1. The smallest absolute Gasteiger partial charge is 0.335 e. The molecule has 28 heavy (non-hydrogen) atoms. The van der Waals surface area contributed by atoms with Gasteiger partial charge in [-0.3, -0.25) is 0 Å². The number of sulfonamides is 1. The molecule has 0 amide bonds. The van der Waals surface area contributed by atoms with Crippen molar-refractivity contribution in [2.24, 2.45) is 0 Å². The lowest BCUT2D eigenvalue weighted by atomic mass is 9.93. The predicted molar refractivity (Wildman–Crippen MR) is 112 cm³/mol. The van der Waals surface area contributed by atoms with Gasteiger partial charge in [-0.1, -0.05) is 38.3 Å². The van der Waals surface area contributed by atoms with Crippen LogP contribution in [0, 0.1) is 0 Å². The molecule has 0 aliphatic heterocycles. The number of benzene rings is 1. The summed E-state index contributed by atoms with van der Waals surface area (Å²) in [6.07, 6.45) is 7.70. The van der Waals surface area contributed by atoms with E-state index in [2.05, 4.69) is 6.92 Å². The van der Waals surface area contributed by atoms with Gasteiger partial charge in [-0.2, -0.15) is 0 Å². The van der Waals surface area contributed by atoms with E-state index < -0.39 is 21.6 Å². The zero-order chi connectivity index (χ0) is 21.2. The molecule has 0 heterocycles. The van der Waals surface area contributed by atoms with Crippen LogP contribution in [0.4, 0.5) is 0 Å². The van der Waals surface area contributed by atoms with Gasteiger partial charge in [0.25, 0.3) is 0 Å². The van der Waals surface area contributed by atoms with Crippen molar-refractivity contribution in [2.75, 3.05) is 19.3 Å². The van der Waals surface area contributed by atoms with E-state index >= 15 is 0 Å². The number of hydrogen-bond donors (Lipinski definition) is 2. The summed E-state index contributed by atoms with van der Waals surface area (Å²) in [6, 6.07) is 6.66. The van der Waals surface area contributed by atoms with Gasteiger partial charge in [-0.15, -0.1) is 0 Å². The first kappa shape index (κ1) is 24.6. The Bertz CT molecular complexity index is 698. The lowest BCUT2D eigenvalue weighted by Crippen LogP contribution is -2.34. The molecule has 0 saturated heterocycles. The lowest BCUT2D eigenvalue weighted by molar-refractivity contribution is 0.0362. The van der Waals surface area contributed by atoms with Crippen molar-refractivity contribution in [3.63, 3.8) is 0 Å². The van der Waals surface area contributed by atoms with Crippen LogP contribution < -0.4 is 0 Å². The Morgan fingerprint density at radius 2 is 1.61 bits per heavy atom. The van der Waals surface area contributed by atoms with Gasteiger partial charge in [0.1, 0.15) is 0 Å². The molecule has 1 rings (SSSR count). The fourth-order valence-electron chi connectivity index (χ4n) is 3.23. The number of unbranched alkanes of at least 4 members (excludes halogenated alkanes) is 2. The van der Waals surface area contributed by atoms with E-state index in [1.165, 1.54) is 10.6 Å². The zero-order valence-corrected chi connectivity index (χ0v) is 18.2. The third-order valence-corrected chi connectivity index (χ3v) is 6.29. The van der Waals surface area contributed by atoms with Crippen molar-refractivity contribution in [3.8, 4) is 0 Å². The number of aromatic carboxylic acids is 1. The molecule has 2 N–H and O–H groups in total. The van der Waals surface area contributed by atoms with Crippen molar-refractivity contribution in [1.82, 2.24) is 4.31 Å². The molecule has 0 spiro atoms. The molecule has 6 nitrogen and oxygen atoms in total. The van der Waals surface area contributed by atoms with Crippen molar-refractivity contribution in [1.29, 1.82) is 0 Å². The van der Waals surface area contributed by atoms with Gasteiger partial charge in [0.15, 0.2) is 0 Å². The largest absolute Gasteiger partial charge is 0.478 e. The summed E-state index contributed by atoms with van der Waals surface area (Å²) in [5.74, 6) is -0.958. The minimum Gasteiger partial charge on any atom is -0.478 e. The van der Waals surface area contributed by atoms with E-state index in [0.717, 1.165) is 31.2 Å². The molecule has 0 aromatic heterocycles. The first-order valence-electron chi connectivity index (χ1n) is 10.0. The maximum atomic E-state index is 12.1. The highest BCUT2D eigenvalue weighted by Crippen LogP contribution is 2.21. The van der Waals surface area contributed by atoms with Crippen LogP contribution in [0.25, 0.3) is 0 Å². The molecule has 0 fully saturated rings. The third-order valence-electron chi connectivity index (χ3n) is 4.98. The van der Waals surface area contributed by atoms with Gasteiger partial charge in [0.05, 0.1) is 17.4 Å². The summed E-state index contributed by atoms with van der Waals surface area (Å²) in [6.45, 7) is 4.77. The van der Waals surface area contributed by atoms with E-state index in [1.807, 2.05) is 6.92 Å². The summed E-state index contributed by atoms with van der Waals surface area (Å²) in [4.78, 5) is 10.9. The molecule has 1 aromatic carbocycles. The first-order chi connectivity index (χ1) is 13.0. The van der Waals surface area contributed by atoms with E-state index in [9.17, 15) is 18.3 Å². The molecule has 7 heteroatoms. The highest BCUT2D eigenvalue weighted by atomic mass is 32.2. The summed E-state index contributed by atoms with van der Waals surface area (Å²) in [5, 5.41) is 19.4. The fourth-order valence-corrected chi connectivity index (χ4v) is 4.16. The van der Waals surface area contributed by atoms with Crippen LogP contribution in [0.1, 0.15) is 74.7 Å². The molecule has 0 aliphatic carbocycles. The molecule has 0 saturated carbocycles. The third kappa shape index (κ3) is 9.66. The van der Waals surface area contributed by atoms with E-state index in [4.69, 9.17) is 5.11 Å². The molecule has 0 bridgehead atoms. The normalized spacial score (nSPS) is 14.2. The minimum atomic E-state index is -3.30. The van der Waals surface area contributed by atoms with Crippen molar-refractivity contribution < 1.29 is 23.4 Å². The lowest BCUT2D eigenvalue weighted by Gasteiger charge is -2.25. The number of aryl methyl sites for hydroxylation is 1. The quantitative estimate of drug-likeness (QED) is 0.454. The summed E-state index contributed by atoms with van der Waals surface area (Å²) >= 11 is 0. The average Bonchev–Trinajstić information content (AvgIpc) is 2.60. The highest BCUT2D eigenvalue weighted by molar-refractivity contribution is 7.88. The molecular weight excluding hydrogens is 378 g/mol. The van der Waals surface area contributed by atoms with Crippen LogP contribution in [-0.4, -0.2) is 53.9 Å². The second kappa shape index (κ2) is 11.5. The van der Waals surface area contributed by atoms with Crippen LogP contribution in [-0.2, 0) is 16.4 Å². The molecule has 1 atom stereocenters. The van der Waals surface area contributed by atoms with Crippen LogP contribution in [0.5, 0.6) is 0 Å². The van der Waals surface area contributed by atoms with Gasteiger partial charge in [0, 0.05) is 13.1 Å².